The molecular weight excluding hydrogens is 691 g/mol. The fourth-order valence-electron chi connectivity index (χ4n) is 5.84. The van der Waals surface area contributed by atoms with E-state index in [0.717, 1.165) is 17.1 Å². The van der Waals surface area contributed by atoms with Crippen molar-refractivity contribution in [1.82, 2.24) is 9.97 Å². The smallest absolute Gasteiger partial charge is 0.336 e. The molecule has 1 aliphatic heterocycles. The van der Waals surface area contributed by atoms with Gasteiger partial charge in [-0.1, -0.05) is 41.4 Å². The van der Waals surface area contributed by atoms with Crippen LogP contribution in [-0.4, -0.2) is 32.1 Å². The monoisotopic (exact) mass is 716 g/mol. The van der Waals surface area contributed by atoms with E-state index in [9.17, 15) is 24.6 Å². The minimum absolute atomic E-state index is 0.000295. The van der Waals surface area contributed by atoms with Crippen LogP contribution in [-0.2, 0) is 13.1 Å². The number of rotatable bonds is 9. The third-order valence-corrected chi connectivity index (χ3v) is 8.87. The van der Waals surface area contributed by atoms with Gasteiger partial charge in [0.05, 0.1) is 40.1 Å². The summed E-state index contributed by atoms with van der Waals surface area (Å²) >= 11 is 12.5. The van der Waals surface area contributed by atoms with Crippen LogP contribution in [0.2, 0.25) is 10.0 Å². The van der Waals surface area contributed by atoms with Crippen LogP contribution in [0.5, 0.6) is 5.75 Å². The zero-order chi connectivity index (χ0) is 35.6. The number of nitrogens with zero attached hydrogens (tertiary/aromatic N) is 3. The highest BCUT2D eigenvalue weighted by Crippen LogP contribution is 2.44. The van der Waals surface area contributed by atoms with Gasteiger partial charge in [-0.3, -0.25) is 19.6 Å². The Morgan fingerprint density at radius 3 is 2.10 bits per heavy atom. The fraction of sp³-hybridized carbons (Fsp3) is 0.0513. The van der Waals surface area contributed by atoms with Crippen molar-refractivity contribution in [3.63, 3.8) is 0 Å². The molecule has 12 heteroatoms. The molecule has 3 aromatic carbocycles. The minimum atomic E-state index is -1.30. The molecule has 252 valence electrons. The van der Waals surface area contributed by atoms with Gasteiger partial charge in [0.15, 0.2) is 0 Å². The second-order valence-electron chi connectivity index (χ2n) is 11.6. The van der Waals surface area contributed by atoms with Gasteiger partial charge in [0.25, 0.3) is 5.91 Å². The number of aromatic carboxylic acids is 1. The predicted molar refractivity (Wildman–Crippen MR) is 196 cm³/mol. The normalized spacial score (nSPS) is 11.1. The molecule has 7 rings (SSSR count). The number of benzene rings is 4. The second-order valence-corrected chi connectivity index (χ2v) is 12.4. The van der Waals surface area contributed by atoms with E-state index < -0.39 is 17.3 Å². The summed E-state index contributed by atoms with van der Waals surface area (Å²) in [4.78, 5) is 49.6. The first-order valence-electron chi connectivity index (χ1n) is 15.6. The van der Waals surface area contributed by atoms with Gasteiger partial charge in [0, 0.05) is 58.0 Å². The van der Waals surface area contributed by atoms with Crippen molar-refractivity contribution in [3.8, 4) is 28.2 Å². The Labute approximate surface area is 300 Å². The first kappa shape index (κ1) is 33.3. The lowest BCUT2D eigenvalue weighted by Gasteiger charge is -2.24. The average molecular weight is 718 g/mol. The number of fused-ring (bicyclic) bond motifs is 2. The topological polar surface area (TPSA) is 146 Å². The van der Waals surface area contributed by atoms with Crippen molar-refractivity contribution < 1.29 is 24.2 Å². The summed E-state index contributed by atoms with van der Waals surface area (Å²) in [5, 5.41) is 23.7. The highest BCUT2D eigenvalue weighted by Gasteiger charge is 2.25. The highest BCUT2D eigenvalue weighted by atomic mass is 35.5. The summed E-state index contributed by atoms with van der Waals surface area (Å²) < 4.78 is 5.89. The number of hydrogen-bond donors (Lipinski definition) is 3. The molecule has 0 saturated carbocycles. The number of pyridine rings is 2. The number of hydrogen-bond acceptors (Lipinski definition) is 8. The third-order valence-electron chi connectivity index (χ3n) is 8.27. The SMILES string of the molecule is O=C(Nc1ccc(N(Cc2ccccn2)Cc2ccccn2)cc1)c1ccc(-c2c3cc(Cl)c(=O)cc-3oc3cc(O)c(Cl)cc23)c(C(=O)O)c1. The molecule has 0 radical (unpaired) electrons. The molecule has 51 heavy (non-hydrogen) atoms. The Balaban J connectivity index is 1.21. The number of amides is 1. The van der Waals surface area contributed by atoms with Crippen molar-refractivity contribution in [3.05, 3.63) is 158 Å². The first-order valence-corrected chi connectivity index (χ1v) is 16.3. The molecule has 0 atom stereocenters. The first-order chi connectivity index (χ1) is 24.6. The number of carboxylic acids is 1. The molecule has 1 aliphatic carbocycles. The van der Waals surface area contributed by atoms with E-state index in [0.29, 0.717) is 35.3 Å². The van der Waals surface area contributed by atoms with Crippen LogP contribution >= 0.6 is 23.2 Å². The van der Waals surface area contributed by atoms with E-state index in [1.54, 1.807) is 24.5 Å². The molecule has 5 aromatic rings. The molecule has 0 unspecified atom stereocenters. The van der Waals surface area contributed by atoms with Gasteiger partial charge < -0.3 is 24.8 Å². The molecule has 0 spiro atoms. The summed E-state index contributed by atoms with van der Waals surface area (Å²) in [6.07, 6.45) is 3.49. The molecule has 1 amide bonds. The summed E-state index contributed by atoms with van der Waals surface area (Å²) in [5.41, 5.74) is 3.60. The largest absolute Gasteiger partial charge is 0.506 e. The lowest BCUT2D eigenvalue weighted by atomic mass is 9.89. The Kier molecular flexibility index (Phi) is 9.10. The Morgan fingerprint density at radius 1 is 0.784 bits per heavy atom. The molecule has 3 N–H and O–H groups in total. The molecular formula is C39H26Cl2N4O6. The van der Waals surface area contributed by atoms with Crippen LogP contribution in [0.3, 0.4) is 0 Å². The van der Waals surface area contributed by atoms with E-state index >= 15 is 0 Å². The summed E-state index contributed by atoms with van der Waals surface area (Å²) in [5.74, 6) is -1.97. The lowest BCUT2D eigenvalue weighted by molar-refractivity contribution is 0.0697. The molecule has 0 saturated heterocycles. The van der Waals surface area contributed by atoms with Gasteiger partial charge >= 0.3 is 5.97 Å². The van der Waals surface area contributed by atoms with Gasteiger partial charge in [-0.2, -0.15) is 0 Å². The van der Waals surface area contributed by atoms with Gasteiger partial charge in [0.1, 0.15) is 17.1 Å². The number of nitrogens with one attached hydrogen (secondary N) is 1. The van der Waals surface area contributed by atoms with Crippen molar-refractivity contribution >= 4 is 57.4 Å². The number of anilines is 2. The Hall–Kier alpha value is -6.23. The summed E-state index contributed by atoms with van der Waals surface area (Å²) in [6, 6.07) is 28.4. The second kappa shape index (κ2) is 13.9. The predicted octanol–water partition coefficient (Wildman–Crippen LogP) is 8.52. The Morgan fingerprint density at radius 2 is 1.47 bits per heavy atom. The fourth-order valence-corrected chi connectivity index (χ4v) is 6.17. The van der Waals surface area contributed by atoms with Crippen LogP contribution in [0.4, 0.5) is 11.4 Å². The maximum Gasteiger partial charge on any atom is 0.336 e. The number of aromatic nitrogens is 2. The lowest BCUT2D eigenvalue weighted by Crippen LogP contribution is -2.23. The number of halogens is 2. The minimum Gasteiger partial charge on any atom is -0.506 e. The van der Waals surface area contributed by atoms with E-state index in [1.807, 2.05) is 48.5 Å². The van der Waals surface area contributed by atoms with Crippen LogP contribution in [0.15, 0.2) is 125 Å². The van der Waals surface area contributed by atoms with Gasteiger partial charge in [0.2, 0.25) is 5.43 Å². The van der Waals surface area contributed by atoms with E-state index in [-0.39, 0.29) is 43.8 Å². The zero-order valence-corrected chi connectivity index (χ0v) is 28.0. The molecule has 2 aromatic heterocycles. The maximum absolute atomic E-state index is 13.5. The van der Waals surface area contributed by atoms with Crippen molar-refractivity contribution in [1.29, 1.82) is 0 Å². The van der Waals surface area contributed by atoms with Crippen LogP contribution in [0, 0.1) is 0 Å². The molecule has 2 aliphatic rings. The number of carboxylic acid groups (broad SMARTS) is 1. The van der Waals surface area contributed by atoms with E-state index in [1.165, 1.54) is 42.5 Å². The maximum atomic E-state index is 13.5. The van der Waals surface area contributed by atoms with Gasteiger partial charge in [-0.25, -0.2) is 4.79 Å². The standard InChI is InChI=1S/C39H26Cl2N4O6/c40-31-16-29-35(18-33(31)46)51-36-19-34(47)32(41)17-30(36)37(29)27-12-7-22(15-28(27)39(49)50)38(48)44-23-8-10-26(11-9-23)45(20-24-5-1-3-13-42-24)21-25-6-2-4-14-43-25/h1-19,46H,20-21H2,(H,44,48)(H,49,50). The summed E-state index contributed by atoms with van der Waals surface area (Å²) in [7, 11) is 0. The van der Waals surface area contributed by atoms with Crippen molar-refractivity contribution in [2.45, 2.75) is 13.1 Å². The number of aromatic hydroxyl groups is 1. The van der Waals surface area contributed by atoms with Crippen molar-refractivity contribution in [2.24, 2.45) is 0 Å². The van der Waals surface area contributed by atoms with Crippen LogP contribution in [0.1, 0.15) is 32.1 Å². The average Bonchev–Trinajstić information content (AvgIpc) is 3.13. The van der Waals surface area contributed by atoms with E-state index in [4.69, 9.17) is 27.6 Å². The number of phenolic OH excluding ortho intramolecular Hbond substituents is 1. The molecule has 10 nitrogen and oxygen atoms in total. The van der Waals surface area contributed by atoms with Crippen LogP contribution in [0.25, 0.3) is 33.4 Å². The zero-order valence-electron chi connectivity index (χ0n) is 26.5. The quantitative estimate of drug-likeness (QED) is 0.125. The van der Waals surface area contributed by atoms with Gasteiger partial charge in [-0.05, 0) is 78.4 Å². The van der Waals surface area contributed by atoms with Crippen molar-refractivity contribution in [2.75, 3.05) is 10.2 Å². The van der Waals surface area contributed by atoms with Crippen LogP contribution < -0.4 is 15.6 Å². The highest BCUT2D eigenvalue weighted by molar-refractivity contribution is 6.33. The summed E-state index contributed by atoms with van der Waals surface area (Å²) in [6.45, 7) is 1.07. The Bertz CT molecular complexity index is 2410. The number of carbonyl (C=O) groups excluding carboxylic acids is 1. The molecule has 3 heterocycles. The van der Waals surface area contributed by atoms with E-state index in [2.05, 4.69) is 20.2 Å². The molecule has 0 bridgehead atoms. The van der Waals surface area contributed by atoms with Gasteiger partial charge in [-0.15, -0.1) is 0 Å². The third kappa shape index (κ3) is 6.96. The molecule has 0 fully saturated rings. The number of phenols is 1. The number of carbonyl (C=O) groups is 2.